The molecule has 0 spiro atoms. The predicted octanol–water partition coefficient (Wildman–Crippen LogP) is 7.95. The Morgan fingerprint density at radius 1 is 0.897 bits per heavy atom. The van der Waals surface area contributed by atoms with E-state index in [9.17, 15) is 14.9 Å². The normalized spacial score (nSPS) is 14.3. The molecule has 0 N–H and O–H groups in total. The smallest absolute Gasteiger partial charge is 0.319 e. The number of aryl methyl sites for hydroxylation is 1. The molecule has 4 aromatic rings. The van der Waals surface area contributed by atoms with E-state index in [1.807, 2.05) is 30.3 Å². The van der Waals surface area contributed by atoms with E-state index in [-0.39, 0.29) is 42.0 Å². The summed E-state index contributed by atoms with van der Waals surface area (Å²) in [5.74, 6) is -0.145. The number of nitrogens with zero attached hydrogens (tertiary/aromatic N) is 1. The zero-order chi connectivity index (χ0) is 26.9. The Kier molecular flexibility index (Phi) is 6.61. The summed E-state index contributed by atoms with van der Waals surface area (Å²) in [5.41, 5.74) is 6.94. The number of fused-ring (bicyclic) bond motifs is 5. The molecule has 4 aromatic carbocycles. The Morgan fingerprint density at radius 3 is 2.59 bits per heavy atom. The monoisotopic (exact) mass is 519 g/mol. The van der Waals surface area contributed by atoms with E-state index >= 15 is 0 Å². The maximum absolute atomic E-state index is 12.4. The molecule has 0 radical (unpaired) electrons. The van der Waals surface area contributed by atoms with Gasteiger partial charge in [0.15, 0.2) is 0 Å². The number of hydrogen-bond donors (Lipinski definition) is 0. The van der Waals surface area contributed by atoms with Crippen LogP contribution in [0, 0.1) is 10.1 Å². The van der Waals surface area contributed by atoms with Crippen LogP contribution in [0.2, 0.25) is 0 Å². The van der Waals surface area contributed by atoms with Crippen LogP contribution in [-0.2, 0) is 16.0 Å². The average Bonchev–Trinajstić information content (AvgIpc) is 2.97. The van der Waals surface area contributed by atoms with Gasteiger partial charge < -0.3 is 9.47 Å². The van der Waals surface area contributed by atoms with E-state index in [1.54, 1.807) is 19.1 Å². The van der Waals surface area contributed by atoms with Gasteiger partial charge in [0.25, 0.3) is 0 Å². The molecule has 0 amide bonds. The van der Waals surface area contributed by atoms with Crippen LogP contribution in [0.15, 0.2) is 78.4 Å². The molecule has 39 heavy (non-hydrogen) atoms. The zero-order valence-corrected chi connectivity index (χ0v) is 21.9. The molecule has 0 aliphatic heterocycles. The number of benzene rings is 4. The van der Waals surface area contributed by atoms with Gasteiger partial charge in [0.1, 0.15) is 13.2 Å². The second-order valence-corrected chi connectivity index (χ2v) is 9.95. The fourth-order valence-electron chi connectivity index (χ4n) is 5.94. The summed E-state index contributed by atoms with van der Waals surface area (Å²) in [6.45, 7) is 1.75. The molecular formula is C33H29NO5. The lowest BCUT2D eigenvalue weighted by Crippen LogP contribution is -2.12. The molecule has 0 heterocycles. The van der Waals surface area contributed by atoms with Gasteiger partial charge in [-0.1, -0.05) is 73.2 Å². The topological polar surface area (TPSA) is 78.7 Å². The molecule has 6 heteroatoms. The standard InChI is InChI=1S/C33H29NO5/c1-2-31(35)38-18-19-39-33-30(20-22-9-4-6-11-24(22)32(33)34(36)37)26-13-7-12-25-28-15-14-21-8-3-5-10-23(21)27(28)16-17-29(25)26/h4-7,9-13,16-17,20H,2-3,8,14-15,18-19H2,1H3. The minimum absolute atomic E-state index is 0.0152. The summed E-state index contributed by atoms with van der Waals surface area (Å²) < 4.78 is 11.3. The van der Waals surface area contributed by atoms with Crippen molar-refractivity contribution in [2.24, 2.45) is 0 Å². The van der Waals surface area contributed by atoms with Gasteiger partial charge in [0, 0.05) is 12.0 Å². The molecule has 196 valence electrons. The molecule has 0 fully saturated rings. The quantitative estimate of drug-likeness (QED) is 0.107. The van der Waals surface area contributed by atoms with Crippen molar-refractivity contribution in [1.82, 2.24) is 0 Å². The first-order valence-electron chi connectivity index (χ1n) is 13.5. The van der Waals surface area contributed by atoms with Crippen molar-refractivity contribution in [1.29, 1.82) is 0 Å². The maximum Gasteiger partial charge on any atom is 0.319 e. The van der Waals surface area contributed by atoms with Crippen molar-refractivity contribution in [2.75, 3.05) is 13.2 Å². The molecule has 6 rings (SSSR count). The van der Waals surface area contributed by atoms with Gasteiger partial charge in [0.05, 0.1) is 10.3 Å². The highest BCUT2D eigenvalue weighted by Gasteiger charge is 2.27. The Morgan fingerprint density at radius 2 is 1.74 bits per heavy atom. The number of esters is 1. The van der Waals surface area contributed by atoms with Crippen molar-refractivity contribution in [2.45, 2.75) is 39.0 Å². The van der Waals surface area contributed by atoms with Gasteiger partial charge in [-0.25, -0.2) is 0 Å². The van der Waals surface area contributed by atoms with E-state index in [1.165, 1.54) is 22.3 Å². The minimum Gasteiger partial charge on any atom is -0.483 e. The number of hydrogen-bond acceptors (Lipinski definition) is 5. The first kappa shape index (κ1) is 24.9. The summed E-state index contributed by atoms with van der Waals surface area (Å²) in [7, 11) is 0. The van der Waals surface area contributed by atoms with Crippen molar-refractivity contribution >= 4 is 38.8 Å². The lowest BCUT2D eigenvalue weighted by Gasteiger charge is -2.26. The Labute approximate surface area is 226 Å². The average molecular weight is 520 g/mol. The van der Waals surface area contributed by atoms with Crippen LogP contribution >= 0.6 is 0 Å². The first-order valence-corrected chi connectivity index (χ1v) is 13.5. The number of allylic oxidation sites excluding steroid dienone is 4. The summed E-state index contributed by atoms with van der Waals surface area (Å²) >= 11 is 0. The minimum atomic E-state index is -0.379. The Balaban J connectivity index is 1.53. The molecule has 0 saturated heterocycles. The molecule has 0 unspecified atom stereocenters. The highest BCUT2D eigenvalue weighted by molar-refractivity contribution is 6.07. The molecule has 2 aliphatic rings. The fraction of sp³-hybridized carbons (Fsp3) is 0.242. The predicted molar refractivity (Wildman–Crippen MR) is 154 cm³/mol. The SMILES string of the molecule is CCC(=O)OCCOc1c(-c2cccc3c4c(ccc23)C2=C(CCC=C2)CC4)cc2ccccc2c1[N+](=O)[O-]. The van der Waals surface area contributed by atoms with E-state index in [4.69, 9.17) is 9.47 Å². The first-order chi connectivity index (χ1) is 19.1. The van der Waals surface area contributed by atoms with E-state index in [2.05, 4.69) is 30.4 Å². The molecule has 0 atom stereocenters. The second kappa shape index (κ2) is 10.4. The Hall–Kier alpha value is -4.45. The van der Waals surface area contributed by atoms with Gasteiger partial charge in [-0.3, -0.25) is 14.9 Å². The van der Waals surface area contributed by atoms with E-state index in [0.717, 1.165) is 47.4 Å². The van der Waals surface area contributed by atoms with Crippen LogP contribution in [0.25, 0.3) is 38.2 Å². The van der Waals surface area contributed by atoms with Gasteiger partial charge in [-0.15, -0.1) is 0 Å². The third kappa shape index (κ3) is 4.46. The summed E-state index contributed by atoms with van der Waals surface area (Å²) in [6, 6.07) is 19.8. The van der Waals surface area contributed by atoms with Crippen molar-refractivity contribution in [3.05, 3.63) is 99.6 Å². The van der Waals surface area contributed by atoms with E-state index in [0.29, 0.717) is 10.9 Å². The van der Waals surface area contributed by atoms with Crippen LogP contribution < -0.4 is 4.74 Å². The molecule has 0 bridgehead atoms. The summed E-state index contributed by atoms with van der Waals surface area (Å²) in [5, 5.41) is 15.9. The zero-order valence-electron chi connectivity index (χ0n) is 21.9. The lowest BCUT2D eigenvalue weighted by molar-refractivity contribution is -0.384. The number of ether oxygens (including phenoxy) is 2. The summed E-state index contributed by atoms with van der Waals surface area (Å²) in [4.78, 5) is 23.7. The van der Waals surface area contributed by atoms with Crippen LogP contribution in [0.5, 0.6) is 5.75 Å². The third-order valence-electron chi connectivity index (χ3n) is 7.75. The van der Waals surface area contributed by atoms with Crippen LogP contribution in [-0.4, -0.2) is 24.1 Å². The number of nitro benzene ring substituents is 1. The van der Waals surface area contributed by atoms with Gasteiger partial charge in [0.2, 0.25) is 5.75 Å². The fourth-order valence-corrected chi connectivity index (χ4v) is 5.94. The molecule has 0 saturated carbocycles. The molecular weight excluding hydrogens is 490 g/mol. The largest absolute Gasteiger partial charge is 0.483 e. The highest BCUT2D eigenvalue weighted by Crippen LogP contribution is 2.47. The summed E-state index contributed by atoms with van der Waals surface area (Å²) in [6.07, 6.45) is 9.04. The lowest BCUT2D eigenvalue weighted by atomic mass is 9.79. The van der Waals surface area contributed by atoms with Crippen molar-refractivity contribution < 1.29 is 19.2 Å². The number of carbonyl (C=O) groups excluding carboxylic acids is 1. The van der Waals surface area contributed by atoms with Gasteiger partial charge >= 0.3 is 11.7 Å². The van der Waals surface area contributed by atoms with Gasteiger partial charge in [-0.2, -0.15) is 0 Å². The van der Waals surface area contributed by atoms with Gasteiger partial charge in [-0.05, 0) is 76.2 Å². The van der Waals surface area contributed by atoms with Crippen LogP contribution in [0.3, 0.4) is 0 Å². The number of carbonyl (C=O) groups is 1. The molecule has 2 aliphatic carbocycles. The second-order valence-electron chi connectivity index (χ2n) is 9.95. The number of rotatable bonds is 7. The van der Waals surface area contributed by atoms with Crippen molar-refractivity contribution in [3.8, 4) is 16.9 Å². The van der Waals surface area contributed by atoms with Crippen LogP contribution in [0.1, 0.15) is 43.7 Å². The Bertz CT molecular complexity index is 1700. The third-order valence-corrected chi connectivity index (χ3v) is 7.75. The number of nitro groups is 1. The molecule has 0 aromatic heterocycles. The van der Waals surface area contributed by atoms with Crippen molar-refractivity contribution in [3.63, 3.8) is 0 Å². The highest BCUT2D eigenvalue weighted by atomic mass is 16.6. The molecule has 6 nitrogen and oxygen atoms in total. The maximum atomic E-state index is 12.4. The van der Waals surface area contributed by atoms with Crippen LogP contribution in [0.4, 0.5) is 5.69 Å². The van der Waals surface area contributed by atoms with E-state index < -0.39 is 0 Å².